The number of rotatable bonds is 3. The van der Waals surface area contributed by atoms with Crippen LogP contribution in [-0.2, 0) is 0 Å². The molecule has 1 saturated carbocycles. The molecular formula is C10H13BrN2. The Morgan fingerprint density at radius 3 is 2.77 bits per heavy atom. The van der Waals surface area contributed by atoms with Gasteiger partial charge >= 0.3 is 0 Å². The molecule has 3 heteroatoms. The average molecular weight is 241 g/mol. The Bertz CT molecular complexity index is 279. The molecule has 0 unspecified atom stereocenters. The van der Waals surface area contributed by atoms with Crippen molar-refractivity contribution in [2.24, 2.45) is 0 Å². The molecule has 1 aliphatic rings. The molecule has 1 fully saturated rings. The van der Waals surface area contributed by atoms with Crippen LogP contribution in [0, 0.1) is 0 Å². The highest BCUT2D eigenvalue weighted by Crippen LogP contribution is 2.30. The van der Waals surface area contributed by atoms with Crippen LogP contribution in [0.15, 0.2) is 22.8 Å². The number of pyridine rings is 1. The first-order valence-corrected chi connectivity index (χ1v) is 5.48. The van der Waals surface area contributed by atoms with Crippen LogP contribution in [0.5, 0.6) is 0 Å². The fraction of sp³-hybridized carbons (Fsp3) is 0.500. The molecule has 2 nitrogen and oxygen atoms in total. The van der Waals surface area contributed by atoms with Crippen molar-refractivity contribution in [2.45, 2.75) is 25.8 Å². The second-order valence-corrected chi connectivity index (χ2v) is 4.27. The van der Waals surface area contributed by atoms with Gasteiger partial charge in [0, 0.05) is 23.3 Å². The van der Waals surface area contributed by atoms with Gasteiger partial charge in [0.25, 0.3) is 0 Å². The zero-order chi connectivity index (χ0) is 9.26. The standard InChI is InChI=1S/C10H13BrN2/c1-2-13(9-4-5-9)10-6-3-8(11)7-12-10/h3,6-7,9H,2,4-5H2,1H3. The monoisotopic (exact) mass is 240 g/mol. The van der Waals surface area contributed by atoms with Gasteiger partial charge in [-0.3, -0.25) is 0 Å². The lowest BCUT2D eigenvalue weighted by atomic mass is 10.4. The van der Waals surface area contributed by atoms with E-state index >= 15 is 0 Å². The Labute approximate surface area is 87.1 Å². The highest BCUT2D eigenvalue weighted by molar-refractivity contribution is 9.10. The van der Waals surface area contributed by atoms with Crippen LogP contribution in [0.2, 0.25) is 0 Å². The number of halogens is 1. The van der Waals surface area contributed by atoms with Gasteiger partial charge in [0.1, 0.15) is 5.82 Å². The van der Waals surface area contributed by atoms with E-state index in [0.29, 0.717) is 0 Å². The van der Waals surface area contributed by atoms with Gasteiger partial charge in [-0.2, -0.15) is 0 Å². The van der Waals surface area contributed by atoms with Crippen LogP contribution in [-0.4, -0.2) is 17.6 Å². The minimum absolute atomic E-state index is 0.749. The third kappa shape index (κ3) is 2.02. The van der Waals surface area contributed by atoms with E-state index in [9.17, 15) is 0 Å². The highest BCUT2D eigenvalue weighted by Gasteiger charge is 2.28. The normalized spacial score (nSPS) is 15.8. The minimum atomic E-state index is 0.749. The fourth-order valence-corrected chi connectivity index (χ4v) is 1.77. The molecule has 1 aromatic rings. The molecule has 0 aromatic carbocycles. The summed E-state index contributed by atoms with van der Waals surface area (Å²) in [6.07, 6.45) is 4.51. The highest BCUT2D eigenvalue weighted by atomic mass is 79.9. The first-order chi connectivity index (χ1) is 6.31. The maximum Gasteiger partial charge on any atom is 0.128 e. The van der Waals surface area contributed by atoms with Crippen molar-refractivity contribution in [3.05, 3.63) is 22.8 Å². The molecule has 1 aromatic heterocycles. The van der Waals surface area contributed by atoms with Gasteiger partial charge in [0.15, 0.2) is 0 Å². The molecule has 0 saturated heterocycles. The fourth-order valence-electron chi connectivity index (χ4n) is 1.53. The quantitative estimate of drug-likeness (QED) is 0.808. The van der Waals surface area contributed by atoms with Crippen molar-refractivity contribution < 1.29 is 0 Å². The second kappa shape index (κ2) is 3.66. The molecule has 1 aliphatic carbocycles. The van der Waals surface area contributed by atoms with Gasteiger partial charge in [0.05, 0.1) is 0 Å². The first kappa shape index (κ1) is 9.00. The summed E-state index contributed by atoms with van der Waals surface area (Å²) in [6.45, 7) is 3.24. The number of hydrogen-bond donors (Lipinski definition) is 0. The zero-order valence-corrected chi connectivity index (χ0v) is 9.29. The molecule has 0 atom stereocenters. The Balaban J connectivity index is 2.17. The van der Waals surface area contributed by atoms with Crippen LogP contribution < -0.4 is 4.90 Å². The third-order valence-electron chi connectivity index (χ3n) is 2.33. The van der Waals surface area contributed by atoms with Gasteiger partial charge in [0.2, 0.25) is 0 Å². The molecule has 70 valence electrons. The van der Waals surface area contributed by atoms with E-state index in [1.807, 2.05) is 12.3 Å². The second-order valence-electron chi connectivity index (χ2n) is 3.35. The smallest absolute Gasteiger partial charge is 0.128 e. The molecule has 0 spiro atoms. The topological polar surface area (TPSA) is 16.1 Å². The Morgan fingerprint density at radius 1 is 1.54 bits per heavy atom. The largest absolute Gasteiger partial charge is 0.354 e. The SMILES string of the molecule is CCN(c1ccc(Br)cn1)C1CC1. The summed E-state index contributed by atoms with van der Waals surface area (Å²) in [5.74, 6) is 1.10. The lowest BCUT2D eigenvalue weighted by Gasteiger charge is -2.21. The minimum Gasteiger partial charge on any atom is -0.354 e. The van der Waals surface area contributed by atoms with Crippen LogP contribution in [0.1, 0.15) is 19.8 Å². The summed E-state index contributed by atoms with van der Waals surface area (Å²) >= 11 is 3.39. The van der Waals surface area contributed by atoms with Crippen molar-refractivity contribution in [1.29, 1.82) is 0 Å². The summed E-state index contributed by atoms with van der Waals surface area (Å²) in [4.78, 5) is 6.76. The maximum absolute atomic E-state index is 4.39. The molecule has 0 aliphatic heterocycles. The number of hydrogen-bond acceptors (Lipinski definition) is 2. The molecule has 0 bridgehead atoms. The van der Waals surface area contributed by atoms with Crippen molar-refractivity contribution in [3.8, 4) is 0 Å². The number of anilines is 1. The Kier molecular flexibility index (Phi) is 2.54. The van der Waals surface area contributed by atoms with Crippen molar-refractivity contribution in [1.82, 2.24) is 4.98 Å². The predicted octanol–water partition coefficient (Wildman–Crippen LogP) is 2.83. The summed E-state index contributed by atoms with van der Waals surface area (Å²) in [5, 5.41) is 0. The molecule has 2 rings (SSSR count). The average Bonchev–Trinajstić information content (AvgIpc) is 2.93. The maximum atomic E-state index is 4.39. The molecule has 0 amide bonds. The number of aromatic nitrogens is 1. The lowest BCUT2D eigenvalue weighted by molar-refractivity contribution is 0.808. The van der Waals surface area contributed by atoms with E-state index in [4.69, 9.17) is 0 Å². The van der Waals surface area contributed by atoms with Gasteiger partial charge in [-0.05, 0) is 47.8 Å². The zero-order valence-electron chi connectivity index (χ0n) is 7.70. The Hall–Kier alpha value is -0.570. The van der Waals surface area contributed by atoms with E-state index in [2.05, 4.69) is 38.8 Å². The van der Waals surface area contributed by atoms with Gasteiger partial charge in [-0.15, -0.1) is 0 Å². The van der Waals surface area contributed by atoms with Crippen molar-refractivity contribution in [3.63, 3.8) is 0 Å². The van der Waals surface area contributed by atoms with Gasteiger partial charge in [-0.25, -0.2) is 4.98 Å². The van der Waals surface area contributed by atoms with Crippen LogP contribution in [0.25, 0.3) is 0 Å². The van der Waals surface area contributed by atoms with E-state index in [-0.39, 0.29) is 0 Å². The number of nitrogens with zero attached hydrogens (tertiary/aromatic N) is 2. The van der Waals surface area contributed by atoms with Gasteiger partial charge in [-0.1, -0.05) is 0 Å². The predicted molar refractivity (Wildman–Crippen MR) is 58.0 cm³/mol. The van der Waals surface area contributed by atoms with Crippen molar-refractivity contribution >= 4 is 21.7 Å². The molecule has 1 heterocycles. The summed E-state index contributed by atoms with van der Waals surface area (Å²) in [6, 6.07) is 4.87. The molecule has 0 radical (unpaired) electrons. The van der Waals surface area contributed by atoms with Gasteiger partial charge < -0.3 is 4.90 Å². The first-order valence-electron chi connectivity index (χ1n) is 4.69. The third-order valence-corrected chi connectivity index (χ3v) is 2.80. The van der Waals surface area contributed by atoms with E-state index in [1.54, 1.807) is 0 Å². The Morgan fingerprint density at radius 2 is 2.31 bits per heavy atom. The van der Waals surface area contributed by atoms with Crippen LogP contribution in [0.3, 0.4) is 0 Å². The van der Waals surface area contributed by atoms with E-state index in [1.165, 1.54) is 12.8 Å². The summed E-state index contributed by atoms with van der Waals surface area (Å²) < 4.78 is 1.04. The lowest BCUT2D eigenvalue weighted by Crippen LogP contribution is -2.25. The van der Waals surface area contributed by atoms with E-state index < -0.39 is 0 Å². The summed E-state index contributed by atoms with van der Waals surface area (Å²) in [5.41, 5.74) is 0. The van der Waals surface area contributed by atoms with Crippen LogP contribution in [0.4, 0.5) is 5.82 Å². The van der Waals surface area contributed by atoms with E-state index in [0.717, 1.165) is 22.9 Å². The van der Waals surface area contributed by atoms with Crippen LogP contribution >= 0.6 is 15.9 Å². The molecular weight excluding hydrogens is 228 g/mol. The van der Waals surface area contributed by atoms with Crippen molar-refractivity contribution in [2.75, 3.05) is 11.4 Å². The molecule has 13 heavy (non-hydrogen) atoms. The summed E-state index contributed by atoms with van der Waals surface area (Å²) in [7, 11) is 0. The molecule has 0 N–H and O–H groups in total.